The minimum atomic E-state index is -0.139. The number of H-pyrrole nitrogens is 1. The van der Waals surface area contributed by atoms with Gasteiger partial charge in [-0.1, -0.05) is 48.0 Å². The van der Waals surface area contributed by atoms with Crippen LogP contribution in [0.4, 0.5) is 0 Å². The van der Waals surface area contributed by atoms with E-state index in [1.165, 1.54) is 0 Å². The number of hydrogen-bond donors (Lipinski definition) is 2. The molecule has 0 atom stereocenters. The standard InChI is InChI=1S/C20H14ClNO2/c21-15-6-4-13-5-7-16-18(14-3-1-2-12(8-14)11-23)10-22-20(24)19(16)17(13)9-15/h1-10,23H,11H2,(H,22,24). The SMILES string of the molecule is O=c1[nH]cc(-c2cccc(CO)c2)c2ccc3ccc(Cl)cc3c12. The molecular weight excluding hydrogens is 322 g/mol. The van der Waals surface area contributed by atoms with Crippen LogP contribution in [0.15, 0.2) is 65.6 Å². The normalized spacial score (nSPS) is 11.2. The third-order valence-corrected chi connectivity index (χ3v) is 4.50. The molecule has 4 heteroatoms. The van der Waals surface area contributed by atoms with Crippen LogP contribution < -0.4 is 5.56 Å². The molecule has 3 nitrogen and oxygen atoms in total. The predicted molar refractivity (Wildman–Crippen MR) is 98.4 cm³/mol. The summed E-state index contributed by atoms with van der Waals surface area (Å²) in [6, 6.07) is 17.2. The molecule has 0 radical (unpaired) electrons. The van der Waals surface area contributed by atoms with Crippen LogP contribution in [0.5, 0.6) is 0 Å². The summed E-state index contributed by atoms with van der Waals surface area (Å²) < 4.78 is 0. The predicted octanol–water partition coefficient (Wildman–Crippen LogP) is 4.49. The number of aliphatic hydroxyl groups is 1. The van der Waals surface area contributed by atoms with Gasteiger partial charge in [-0.15, -0.1) is 0 Å². The lowest BCUT2D eigenvalue weighted by atomic mass is 9.96. The number of benzene rings is 3. The molecule has 3 aromatic carbocycles. The van der Waals surface area contributed by atoms with Crippen molar-refractivity contribution >= 4 is 33.1 Å². The zero-order valence-electron chi connectivity index (χ0n) is 12.7. The summed E-state index contributed by atoms with van der Waals surface area (Å²) >= 11 is 6.13. The highest BCUT2D eigenvalue weighted by atomic mass is 35.5. The van der Waals surface area contributed by atoms with E-state index in [0.717, 1.165) is 32.8 Å². The number of rotatable bonds is 2. The zero-order valence-corrected chi connectivity index (χ0v) is 13.5. The molecule has 1 aromatic heterocycles. The minimum absolute atomic E-state index is 0.0202. The van der Waals surface area contributed by atoms with E-state index >= 15 is 0 Å². The Hall–Kier alpha value is -2.62. The van der Waals surface area contributed by atoms with Gasteiger partial charge in [0.15, 0.2) is 0 Å². The molecule has 0 saturated carbocycles. The molecule has 118 valence electrons. The lowest BCUT2D eigenvalue weighted by Gasteiger charge is -2.10. The van der Waals surface area contributed by atoms with Crippen molar-refractivity contribution in [3.8, 4) is 11.1 Å². The van der Waals surface area contributed by atoms with Crippen LogP contribution in [0.2, 0.25) is 5.02 Å². The third kappa shape index (κ3) is 2.39. The first kappa shape index (κ1) is 14.9. The molecule has 4 rings (SSSR count). The van der Waals surface area contributed by atoms with E-state index in [0.29, 0.717) is 10.4 Å². The highest BCUT2D eigenvalue weighted by Crippen LogP contribution is 2.32. The first-order chi connectivity index (χ1) is 11.7. The van der Waals surface area contributed by atoms with Gasteiger partial charge in [0.1, 0.15) is 0 Å². The van der Waals surface area contributed by atoms with Crippen LogP contribution in [0, 0.1) is 0 Å². The van der Waals surface area contributed by atoms with Gasteiger partial charge in [-0.25, -0.2) is 0 Å². The van der Waals surface area contributed by atoms with E-state index in [4.69, 9.17) is 11.6 Å². The highest BCUT2D eigenvalue weighted by Gasteiger charge is 2.11. The average Bonchev–Trinajstić information content (AvgIpc) is 2.61. The van der Waals surface area contributed by atoms with Gasteiger partial charge < -0.3 is 10.1 Å². The van der Waals surface area contributed by atoms with Crippen molar-refractivity contribution in [2.75, 3.05) is 0 Å². The summed E-state index contributed by atoms with van der Waals surface area (Å²) in [6.07, 6.45) is 1.72. The maximum Gasteiger partial charge on any atom is 0.256 e. The van der Waals surface area contributed by atoms with Crippen molar-refractivity contribution in [2.45, 2.75) is 6.61 Å². The van der Waals surface area contributed by atoms with Gasteiger partial charge in [0.2, 0.25) is 0 Å². The molecule has 0 amide bonds. The number of halogens is 1. The topological polar surface area (TPSA) is 53.1 Å². The Labute approximate surface area is 143 Å². The first-order valence-electron chi connectivity index (χ1n) is 7.61. The zero-order chi connectivity index (χ0) is 16.7. The molecule has 4 aromatic rings. The van der Waals surface area contributed by atoms with Gasteiger partial charge in [-0.05, 0) is 45.5 Å². The molecule has 0 spiro atoms. The summed E-state index contributed by atoms with van der Waals surface area (Å²) in [4.78, 5) is 15.3. The number of aromatic nitrogens is 1. The number of aromatic amines is 1. The van der Waals surface area contributed by atoms with Gasteiger partial charge in [0, 0.05) is 16.8 Å². The first-order valence-corrected chi connectivity index (χ1v) is 7.99. The molecule has 0 saturated heterocycles. The second-order valence-corrected chi connectivity index (χ2v) is 6.18. The fourth-order valence-corrected chi connectivity index (χ4v) is 3.30. The molecule has 0 fully saturated rings. The number of aliphatic hydroxyl groups excluding tert-OH is 1. The van der Waals surface area contributed by atoms with Gasteiger partial charge in [0.05, 0.1) is 12.0 Å². The Kier molecular flexibility index (Phi) is 3.60. The minimum Gasteiger partial charge on any atom is -0.392 e. The maximum atomic E-state index is 12.5. The largest absolute Gasteiger partial charge is 0.392 e. The van der Waals surface area contributed by atoms with E-state index in [2.05, 4.69) is 4.98 Å². The fourth-order valence-electron chi connectivity index (χ4n) is 3.12. The summed E-state index contributed by atoms with van der Waals surface area (Å²) in [5, 5.41) is 13.3. The van der Waals surface area contributed by atoms with E-state index < -0.39 is 0 Å². The molecule has 0 bridgehead atoms. The van der Waals surface area contributed by atoms with E-state index in [1.54, 1.807) is 6.20 Å². The summed E-state index contributed by atoms with van der Waals surface area (Å²) in [6.45, 7) is -0.0202. The van der Waals surface area contributed by atoms with E-state index in [1.807, 2.05) is 54.6 Å². The quantitative estimate of drug-likeness (QED) is 0.530. The van der Waals surface area contributed by atoms with Crippen LogP contribution in [0.1, 0.15) is 5.56 Å². The van der Waals surface area contributed by atoms with Gasteiger partial charge in [-0.3, -0.25) is 4.79 Å². The Morgan fingerprint density at radius 3 is 2.67 bits per heavy atom. The number of hydrogen-bond acceptors (Lipinski definition) is 2. The Balaban J connectivity index is 2.11. The molecule has 2 N–H and O–H groups in total. The summed E-state index contributed by atoms with van der Waals surface area (Å²) in [5.41, 5.74) is 2.56. The van der Waals surface area contributed by atoms with Gasteiger partial charge in [0.25, 0.3) is 5.56 Å². The average molecular weight is 336 g/mol. The third-order valence-electron chi connectivity index (χ3n) is 4.27. The highest BCUT2D eigenvalue weighted by molar-refractivity contribution is 6.32. The Bertz CT molecular complexity index is 1130. The van der Waals surface area contributed by atoms with Crippen molar-refractivity contribution in [3.05, 3.63) is 81.7 Å². The van der Waals surface area contributed by atoms with Crippen molar-refractivity contribution < 1.29 is 5.11 Å². The molecule has 0 aliphatic heterocycles. The monoisotopic (exact) mass is 335 g/mol. The second-order valence-electron chi connectivity index (χ2n) is 5.74. The van der Waals surface area contributed by atoms with E-state index in [-0.39, 0.29) is 12.2 Å². The van der Waals surface area contributed by atoms with Crippen LogP contribution >= 0.6 is 11.6 Å². The molecule has 0 aliphatic carbocycles. The molecular formula is C20H14ClNO2. The summed E-state index contributed by atoms with van der Waals surface area (Å²) in [5.74, 6) is 0. The van der Waals surface area contributed by atoms with Crippen LogP contribution in [-0.4, -0.2) is 10.1 Å². The molecule has 1 heterocycles. The number of pyridine rings is 1. The van der Waals surface area contributed by atoms with E-state index in [9.17, 15) is 9.90 Å². The summed E-state index contributed by atoms with van der Waals surface area (Å²) in [7, 11) is 0. The van der Waals surface area contributed by atoms with Crippen molar-refractivity contribution in [3.63, 3.8) is 0 Å². The smallest absolute Gasteiger partial charge is 0.256 e. The van der Waals surface area contributed by atoms with Gasteiger partial charge >= 0.3 is 0 Å². The Morgan fingerprint density at radius 2 is 1.83 bits per heavy atom. The number of nitrogens with one attached hydrogen (secondary N) is 1. The van der Waals surface area contributed by atoms with Crippen LogP contribution in [0.3, 0.4) is 0 Å². The van der Waals surface area contributed by atoms with Gasteiger partial charge in [-0.2, -0.15) is 0 Å². The molecule has 0 aliphatic rings. The lowest BCUT2D eigenvalue weighted by Crippen LogP contribution is -2.06. The fraction of sp³-hybridized carbons (Fsp3) is 0.0500. The maximum absolute atomic E-state index is 12.5. The second kappa shape index (κ2) is 5.78. The van der Waals surface area contributed by atoms with Crippen molar-refractivity contribution in [1.82, 2.24) is 4.98 Å². The number of fused-ring (bicyclic) bond motifs is 3. The lowest BCUT2D eigenvalue weighted by molar-refractivity contribution is 0.282. The molecule has 24 heavy (non-hydrogen) atoms. The van der Waals surface area contributed by atoms with Crippen molar-refractivity contribution in [2.24, 2.45) is 0 Å². The Morgan fingerprint density at radius 1 is 1.00 bits per heavy atom. The van der Waals surface area contributed by atoms with Crippen LogP contribution in [0.25, 0.3) is 32.7 Å². The molecule has 0 unspecified atom stereocenters. The van der Waals surface area contributed by atoms with Crippen LogP contribution in [-0.2, 0) is 6.61 Å². The van der Waals surface area contributed by atoms with Crippen molar-refractivity contribution in [1.29, 1.82) is 0 Å².